The first-order valence-electron chi connectivity index (χ1n) is 6.29. The van der Waals surface area contributed by atoms with Crippen molar-refractivity contribution < 1.29 is 4.79 Å². The van der Waals surface area contributed by atoms with Crippen molar-refractivity contribution in [1.82, 2.24) is 9.99 Å². The van der Waals surface area contributed by atoms with Gasteiger partial charge in [0.15, 0.2) is 0 Å². The summed E-state index contributed by atoms with van der Waals surface area (Å²) in [7, 11) is 0. The van der Waals surface area contributed by atoms with Crippen molar-refractivity contribution in [2.24, 2.45) is 11.8 Å². The number of carbonyl (C=O) groups is 1. The first kappa shape index (κ1) is 13.8. The predicted octanol–water partition coefficient (Wildman–Crippen LogP) is 2.09. The minimum absolute atomic E-state index is 0.214. The molecule has 0 aliphatic carbocycles. The fraction of sp³-hybridized carbons (Fsp3) is 0.615. The van der Waals surface area contributed by atoms with Crippen LogP contribution in [-0.2, 0) is 13.0 Å². The smallest absolute Gasteiger partial charge is 0.281 e. The summed E-state index contributed by atoms with van der Waals surface area (Å²) < 4.78 is 2.07. The molecule has 0 aromatic carbocycles. The highest BCUT2D eigenvalue weighted by atomic mass is 16.2. The highest BCUT2D eigenvalue weighted by Gasteiger charge is 2.13. The Balaban J connectivity index is 2.89. The summed E-state index contributed by atoms with van der Waals surface area (Å²) in [5.41, 5.74) is 4.08. The molecule has 0 fully saturated rings. The van der Waals surface area contributed by atoms with Gasteiger partial charge in [-0.3, -0.25) is 10.2 Å². The first-order chi connectivity index (χ1) is 8.10. The molecule has 1 aromatic rings. The normalized spacial score (nSPS) is 10.9. The van der Waals surface area contributed by atoms with Crippen LogP contribution in [0.1, 0.15) is 49.8 Å². The minimum Gasteiger partial charge on any atom is -0.341 e. The third-order valence-electron chi connectivity index (χ3n) is 2.86. The Morgan fingerprint density at radius 2 is 2.18 bits per heavy atom. The number of amides is 1. The van der Waals surface area contributed by atoms with Crippen LogP contribution in [0, 0.1) is 5.92 Å². The molecule has 1 amide bonds. The van der Waals surface area contributed by atoms with Crippen LogP contribution in [0.2, 0.25) is 0 Å². The number of carbonyl (C=O) groups excluding carboxylic acids is 1. The SMILES string of the molecule is CCCn1c(CCC(C)C)ccc1C(=O)NN. The van der Waals surface area contributed by atoms with E-state index in [1.807, 2.05) is 12.1 Å². The zero-order valence-electron chi connectivity index (χ0n) is 11.0. The standard InChI is InChI=1S/C13H23N3O/c1-4-9-16-11(6-5-10(2)3)7-8-12(16)13(17)15-14/h7-8,10H,4-6,9,14H2,1-3H3,(H,15,17). The molecule has 0 radical (unpaired) electrons. The minimum atomic E-state index is -0.214. The van der Waals surface area contributed by atoms with Gasteiger partial charge in [0.2, 0.25) is 0 Å². The average Bonchev–Trinajstić information content (AvgIpc) is 2.69. The van der Waals surface area contributed by atoms with Gasteiger partial charge in [-0.05, 0) is 37.3 Å². The van der Waals surface area contributed by atoms with Crippen molar-refractivity contribution in [2.45, 2.75) is 46.6 Å². The van der Waals surface area contributed by atoms with Gasteiger partial charge in [-0.2, -0.15) is 0 Å². The van der Waals surface area contributed by atoms with Crippen LogP contribution in [0.25, 0.3) is 0 Å². The molecular weight excluding hydrogens is 214 g/mol. The van der Waals surface area contributed by atoms with E-state index in [9.17, 15) is 4.79 Å². The Labute approximate surface area is 103 Å². The van der Waals surface area contributed by atoms with Crippen molar-refractivity contribution >= 4 is 5.91 Å². The number of nitrogens with zero attached hydrogens (tertiary/aromatic N) is 1. The maximum Gasteiger partial charge on any atom is 0.281 e. The van der Waals surface area contributed by atoms with Gasteiger partial charge in [0.05, 0.1) is 0 Å². The quantitative estimate of drug-likeness (QED) is 0.452. The number of hydrogen-bond donors (Lipinski definition) is 2. The van der Waals surface area contributed by atoms with Crippen molar-refractivity contribution in [3.63, 3.8) is 0 Å². The van der Waals surface area contributed by atoms with Crippen LogP contribution in [0.15, 0.2) is 12.1 Å². The Kier molecular flexibility index (Phi) is 5.22. The van der Waals surface area contributed by atoms with Crippen molar-refractivity contribution in [1.29, 1.82) is 0 Å². The molecule has 0 saturated carbocycles. The van der Waals surface area contributed by atoms with Crippen LogP contribution in [0.3, 0.4) is 0 Å². The number of nitrogen functional groups attached to an aromatic ring is 1. The van der Waals surface area contributed by atoms with Crippen LogP contribution in [-0.4, -0.2) is 10.5 Å². The third-order valence-corrected chi connectivity index (χ3v) is 2.86. The van der Waals surface area contributed by atoms with Crippen LogP contribution in [0.4, 0.5) is 0 Å². The second-order valence-electron chi connectivity index (χ2n) is 4.77. The van der Waals surface area contributed by atoms with Crippen molar-refractivity contribution in [2.75, 3.05) is 0 Å². The lowest BCUT2D eigenvalue weighted by Crippen LogP contribution is -2.32. The van der Waals surface area contributed by atoms with Gasteiger partial charge in [0, 0.05) is 12.2 Å². The highest BCUT2D eigenvalue weighted by Crippen LogP contribution is 2.14. The Bertz CT molecular complexity index is 369. The van der Waals surface area contributed by atoms with Gasteiger partial charge in [-0.15, -0.1) is 0 Å². The molecule has 0 bridgehead atoms. The number of aromatic nitrogens is 1. The summed E-state index contributed by atoms with van der Waals surface area (Å²) in [6.45, 7) is 7.39. The van der Waals surface area contributed by atoms with Crippen molar-refractivity contribution in [3.8, 4) is 0 Å². The summed E-state index contributed by atoms with van der Waals surface area (Å²) in [4.78, 5) is 11.6. The van der Waals surface area contributed by atoms with E-state index in [1.54, 1.807) is 0 Å². The first-order valence-corrected chi connectivity index (χ1v) is 6.29. The van der Waals surface area contributed by atoms with Gasteiger partial charge in [0.25, 0.3) is 5.91 Å². The lowest BCUT2D eigenvalue weighted by molar-refractivity contribution is 0.0944. The molecule has 0 saturated heterocycles. The monoisotopic (exact) mass is 237 g/mol. The summed E-state index contributed by atoms with van der Waals surface area (Å²) in [6, 6.07) is 3.89. The maximum atomic E-state index is 11.6. The van der Waals surface area contributed by atoms with Gasteiger partial charge in [-0.25, -0.2) is 5.84 Å². The zero-order valence-corrected chi connectivity index (χ0v) is 11.0. The Hall–Kier alpha value is -1.29. The fourth-order valence-corrected chi connectivity index (χ4v) is 1.92. The second-order valence-corrected chi connectivity index (χ2v) is 4.77. The molecule has 1 rings (SSSR count). The van der Waals surface area contributed by atoms with E-state index >= 15 is 0 Å². The molecule has 0 spiro atoms. The van der Waals surface area contributed by atoms with Gasteiger partial charge < -0.3 is 4.57 Å². The van der Waals surface area contributed by atoms with E-state index in [0.717, 1.165) is 25.8 Å². The molecular formula is C13H23N3O. The number of aryl methyl sites for hydroxylation is 1. The molecule has 4 nitrogen and oxygen atoms in total. The molecule has 0 atom stereocenters. The van der Waals surface area contributed by atoms with E-state index in [0.29, 0.717) is 11.6 Å². The van der Waals surface area contributed by atoms with E-state index in [-0.39, 0.29) is 5.91 Å². The lowest BCUT2D eigenvalue weighted by atomic mass is 10.1. The Morgan fingerprint density at radius 3 is 2.71 bits per heavy atom. The van der Waals surface area contributed by atoms with Gasteiger partial charge in [0.1, 0.15) is 5.69 Å². The van der Waals surface area contributed by atoms with Crippen LogP contribution >= 0.6 is 0 Å². The molecule has 0 aliphatic rings. The number of rotatable bonds is 6. The van der Waals surface area contributed by atoms with Gasteiger partial charge in [-0.1, -0.05) is 20.8 Å². The van der Waals surface area contributed by atoms with E-state index in [4.69, 9.17) is 5.84 Å². The topological polar surface area (TPSA) is 60.0 Å². The third kappa shape index (κ3) is 3.60. The molecule has 3 N–H and O–H groups in total. The number of hydrogen-bond acceptors (Lipinski definition) is 2. The largest absolute Gasteiger partial charge is 0.341 e. The van der Waals surface area contributed by atoms with E-state index in [2.05, 4.69) is 30.8 Å². The molecule has 0 aliphatic heterocycles. The van der Waals surface area contributed by atoms with Gasteiger partial charge >= 0.3 is 0 Å². The summed E-state index contributed by atoms with van der Waals surface area (Å²) in [5, 5.41) is 0. The van der Waals surface area contributed by atoms with E-state index < -0.39 is 0 Å². The van der Waals surface area contributed by atoms with Crippen LogP contribution < -0.4 is 11.3 Å². The van der Waals surface area contributed by atoms with Crippen LogP contribution in [0.5, 0.6) is 0 Å². The molecule has 96 valence electrons. The average molecular weight is 237 g/mol. The summed E-state index contributed by atoms with van der Waals surface area (Å²) >= 11 is 0. The number of hydrazine groups is 1. The van der Waals surface area contributed by atoms with E-state index in [1.165, 1.54) is 5.69 Å². The maximum absolute atomic E-state index is 11.6. The molecule has 1 heterocycles. The number of nitrogens with one attached hydrogen (secondary N) is 1. The fourth-order valence-electron chi connectivity index (χ4n) is 1.92. The summed E-state index contributed by atoms with van der Waals surface area (Å²) in [5.74, 6) is 5.65. The molecule has 1 aromatic heterocycles. The second kappa shape index (κ2) is 6.45. The number of nitrogens with two attached hydrogens (primary N) is 1. The van der Waals surface area contributed by atoms with Crippen molar-refractivity contribution in [3.05, 3.63) is 23.5 Å². The highest BCUT2D eigenvalue weighted by molar-refractivity contribution is 5.92. The Morgan fingerprint density at radius 1 is 1.47 bits per heavy atom. The predicted molar refractivity (Wildman–Crippen MR) is 69.5 cm³/mol. The summed E-state index contributed by atoms with van der Waals surface area (Å²) in [6.07, 6.45) is 3.15. The molecule has 4 heteroatoms. The lowest BCUT2D eigenvalue weighted by Gasteiger charge is -2.12. The molecule has 0 unspecified atom stereocenters. The molecule has 17 heavy (non-hydrogen) atoms. The zero-order chi connectivity index (χ0) is 12.8.